The van der Waals surface area contributed by atoms with Gasteiger partial charge in [0.25, 0.3) is 0 Å². The predicted octanol–water partition coefficient (Wildman–Crippen LogP) is -2.37. The van der Waals surface area contributed by atoms with E-state index in [1.807, 2.05) is 0 Å². The van der Waals surface area contributed by atoms with E-state index in [0.717, 1.165) is 0 Å². The van der Waals surface area contributed by atoms with Crippen molar-refractivity contribution in [3.8, 4) is 0 Å². The van der Waals surface area contributed by atoms with Gasteiger partial charge in [0.05, 0.1) is 5.75 Å². The number of carboxylic acid groups (broad SMARTS) is 1. The normalized spacial score (nSPS) is 20.0. The Morgan fingerprint density at radius 3 is 2.59 bits per heavy atom. The largest absolute Gasteiger partial charge is 0.480 e. The fraction of sp³-hybridized carbons (Fsp3) is 0.727. The molecular formula is C11H21N5O5S. The maximum absolute atomic E-state index is 11.9. The first-order valence-corrected chi connectivity index (χ1v) is 8.40. The molecule has 2 unspecified atom stereocenters. The number of aliphatic carboxylic acids is 1. The maximum Gasteiger partial charge on any atom is 0.326 e. The zero-order valence-electron chi connectivity index (χ0n) is 12.0. The van der Waals surface area contributed by atoms with Gasteiger partial charge in [0.2, 0.25) is 15.9 Å². The first-order valence-electron chi connectivity index (χ1n) is 6.68. The number of nitrogens with zero attached hydrogens (tertiary/aromatic N) is 2. The van der Waals surface area contributed by atoms with Gasteiger partial charge in [-0.1, -0.05) is 0 Å². The van der Waals surface area contributed by atoms with Crippen LogP contribution in [0.15, 0.2) is 4.99 Å². The van der Waals surface area contributed by atoms with E-state index >= 15 is 0 Å². The molecule has 0 saturated carbocycles. The van der Waals surface area contributed by atoms with Crippen LogP contribution in [0.1, 0.15) is 19.3 Å². The van der Waals surface area contributed by atoms with Crippen molar-refractivity contribution < 1.29 is 23.1 Å². The number of carbonyl (C=O) groups is 2. The molecule has 22 heavy (non-hydrogen) atoms. The third-order valence-corrected chi connectivity index (χ3v) is 4.23. The molecule has 0 aromatic heterocycles. The van der Waals surface area contributed by atoms with Crippen LogP contribution in [0, 0.1) is 5.92 Å². The molecule has 1 aliphatic rings. The molecule has 2 atom stereocenters. The van der Waals surface area contributed by atoms with E-state index in [0.29, 0.717) is 6.42 Å². The van der Waals surface area contributed by atoms with Gasteiger partial charge in [-0.05, 0) is 12.8 Å². The number of likely N-dealkylation sites (tertiary alicyclic amines) is 1. The van der Waals surface area contributed by atoms with Gasteiger partial charge in [0, 0.05) is 25.4 Å². The van der Waals surface area contributed by atoms with Gasteiger partial charge >= 0.3 is 5.97 Å². The molecule has 0 aromatic carbocycles. The van der Waals surface area contributed by atoms with Gasteiger partial charge in [0.15, 0.2) is 5.96 Å². The molecule has 1 fully saturated rings. The summed E-state index contributed by atoms with van der Waals surface area (Å²) in [6.45, 7) is 0.323. The Bertz CT molecular complexity index is 557. The highest BCUT2D eigenvalue weighted by molar-refractivity contribution is 7.89. The lowest BCUT2D eigenvalue weighted by Crippen LogP contribution is -2.42. The molecule has 1 rings (SSSR count). The third-order valence-electron chi connectivity index (χ3n) is 3.30. The molecule has 10 nitrogen and oxygen atoms in total. The average Bonchev–Trinajstić information content (AvgIpc) is 2.66. The first kappa shape index (κ1) is 18.2. The first-order chi connectivity index (χ1) is 10.1. The van der Waals surface area contributed by atoms with Crippen molar-refractivity contribution in [3.63, 3.8) is 0 Å². The van der Waals surface area contributed by atoms with E-state index in [1.54, 1.807) is 0 Å². The molecule has 1 aliphatic heterocycles. The molecule has 1 amide bonds. The third kappa shape index (κ3) is 5.85. The SMILES string of the molecule is NC(N)=NCCCC(C(=O)O)N1CC(CS(N)(=O)=O)CC1=O. The Hall–Kier alpha value is -1.88. The maximum atomic E-state index is 11.9. The second-order valence-corrected chi connectivity index (χ2v) is 6.91. The Morgan fingerprint density at radius 1 is 1.45 bits per heavy atom. The minimum atomic E-state index is -3.70. The number of hydrogen-bond acceptors (Lipinski definition) is 5. The quantitative estimate of drug-likeness (QED) is 0.217. The predicted molar refractivity (Wildman–Crippen MR) is 79.1 cm³/mol. The Balaban J connectivity index is 2.66. The molecule has 0 radical (unpaired) electrons. The number of carbonyl (C=O) groups excluding carboxylic acids is 1. The van der Waals surface area contributed by atoms with Gasteiger partial charge in [0.1, 0.15) is 6.04 Å². The molecule has 0 bridgehead atoms. The van der Waals surface area contributed by atoms with Gasteiger partial charge in [-0.2, -0.15) is 0 Å². The van der Waals surface area contributed by atoms with Gasteiger partial charge < -0.3 is 21.5 Å². The lowest BCUT2D eigenvalue weighted by molar-refractivity contribution is -0.148. The zero-order chi connectivity index (χ0) is 16.9. The number of amides is 1. The number of hydrogen-bond donors (Lipinski definition) is 4. The Kier molecular flexibility index (Phi) is 6.11. The number of sulfonamides is 1. The van der Waals surface area contributed by atoms with Crippen LogP contribution in [0.3, 0.4) is 0 Å². The number of carboxylic acids is 1. The van der Waals surface area contributed by atoms with Crippen molar-refractivity contribution in [2.75, 3.05) is 18.8 Å². The molecule has 1 heterocycles. The summed E-state index contributed by atoms with van der Waals surface area (Å²) >= 11 is 0. The second kappa shape index (κ2) is 7.40. The van der Waals surface area contributed by atoms with E-state index in [1.165, 1.54) is 4.90 Å². The second-order valence-electron chi connectivity index (χ2n) is 5.25. The topological polar surface area (TPSA) is 182 Å². The standard InChI is InChI=1S/C11H21N5O5S/c12-11(13)15-3-1-2-8(10(18)19)16-5-7(4-9(16)17)6-22(14,20)21/h7-8H,1-6H2,(H,18,19)(H4,12,13,15)(H2,14,20,21). The van der Waals surface area contributed by atoms with Crippen LogP contribution in [0.4, 0.5) is 0 Å². The van der Waals surface area contributed by atoms with Gasteiger partial charge in [-0.3, -0.25) is 9.79 Å². The van der Waals surface area contributed by atoms with Crippen molar-refractivity contribution in [1.29, 1.82) is 0 Å². The molecule has 7 N–H and O–H groups in total. The summed E-state index contributed by atoms with van der Waals surface area (Å²) in [7, 11) is -3.70. The summed E-state index contributed by atoms with van der Waals surface area (Å²) in [5, 5.41) is 14.2. The lowest BCUT2D eigenvalue weighted by Gasteiger charge is -2.24. The van der Waals surface area contributed by atoms with Crippen molar-refractivity contribution in [2.45, 2.75) is 25.3 Å². The van der Waals surface area contributed by atoms with Crippen LogP contribution in [0.2, 0.25) is 0 Å². The fourth-order valence-electron chi connectivity index (χ4n) is 2.46. The summed E-state index contributed by atoms with van der Waals surface area (Å²) in [6, 6.07) is -1.02. The van der Waals surface area contributed by atoms with E-state index in [-0.39, 0.29) is 43.6 Å². The van der Waals surface area contributed by atoms with Crippen LogP contribution in [0.5, 0.6) is 0 Å². The van der Waals surface area contributed by atoms with Crippen molar-refractivity contribution in [1.82, 2.24) is 4.90 Å². The number of primary sulfonamides is 1. The Morgan fingerprint density at radius 2 is 2.09 bits per heavy atom. The number of aliphatic imine (C=N–C) groups is 1. The van der Waals surface area contributed by atoms with E-state index < -0.39 is 28.0 Å². The van der Waals surface area contributed by atoms with Crippen LogP contribution in [0.25, 0.3) is 0 Å². The fourth-order valence-corrected chi connectivity index (χ4v) is 3.34. The summed E-state index contributed by atoms with van der Waals surface area (Å²) in [5.41, 5.74) is 10.3. The van der Waals surface area contributed by atoms with Crippen LogP contribution >= 0.6 is 0 Å². The molecular weight excluding hydrogens is 314 g/mol. The lowest BCUT2D eigenvalue weighted by atomic mass is 10.1. The summed E-state index contributed by atoms with van der Waals surface area (Å²) < 4.78 is 22.1. The Labute approximate surface area is 128 Å². The zero-order valence-corrected chi connectivity index (χ0v) is 12.8. The average molecular weight is 335 g/mol. The van der Waals surface area contributed by atoms with Gasteiger partial charge in [-0.15, -0.1) is 0 Å². The summed E-state index contributed by atoms with van der Waals surface area (Å²) in [4.78, 5) is 28.2. The van der Waals surface area contributed by atoms with Crippen LogP contribution < -0.4 is 16.6 Å². The summed E-state index contributed by atoms with van der Waals surface area (Å²) in [6.07, 6.45) is 0.548. The van der Waals surface area contributed by atoms with Crippen molar-refractivity contribution in [3.05, 3.63) is 0 Å². The molecule has 126 valence electrons. The highest BCUT2D eigenvalue weighted by Gasteiger charge is 2.38. The molecule has 0 aromatic rings. The minimum absolute atomic E-state index is 0.0197. The number of guanidine groups is 1. The molecule has 1 saturated heterocycles. The molecule has 0 aliphatic carbocycles. The van der Waals surface area contributed by atoms with Crippen LogP contribution in [-0.2, 0) is 19.6 Å². The molecule has 11 heteroatoms. The smallest absolute Gasteiger partial charge is 0.326 e. The number of nitrogens with two attached hydrogens (primary N) is 3. The minimum Gasteiger partial charge on any atom is -0.480 e. The molecule has 0 spiro atoms. The van der Waals surface area contributed by atoms with E-state index in [2.05, 4.69) is 4.99 Å². The highest BCUT2D eigenvalue weighted by atomic mass is 32.2. The monoisotopic (exact) mass is 335 g/mol. The van der Waals surface area contributed by atoms with Crippen LogP contribution in [-0.4, -0.2) is 61.1 Å². The van der Waals surface area contributed by atoms with Crippen molar-refractivity contribution in [2.24, 2.45) is 27.5 Å². The summed E-state index contributed by atoms with van der Waals surface area (Å²) in [5.74, 6) is -2.44. The number of rotatable bonds is 8. The van der Waals surface area contributed by atoms with E-state index in [9.17, 15) is 23.1 Å². The van der Waals surface area contributed by atoms with E-state index in [4.69, 9.17) is 16.6 Å². The van der Waals surface area contributed by atoms with Gasteiger partial charge in [-0.25, -0.2) is 18.4 Å². The highest BCUT2D eigenvalue weighted by Crippen LogP contribution is 2.23. The van der Waals surface area contributed by atoms with Crippen molar-refractivity contribution >= 4 is 27.9 Å².